The monoisotopic (exact) mass is 448 g/mol. The Labute approximate surface area is 139 Å². The summed E-state index contributed by atoms with van der Waals surface area (Å²) in [5.41, 5.74) is 3.99. The number of nitro groups is 1. The van der Waals surface area contributed by atoms with Crippen molar-refractivity contribution in [2.24, 2.45) is 0 Å². The first kappa shape index (κ1) is 17.1. The predicted octanol–water partition coefficient (Wildman–Crippen LogP) is 5.02. The lowest BCUT2D eigenvalue weighted by molar-refractivity contribution is -0.385. The fraction of sp³-hybridized carbons (Fsp3) is 0.143. The molecule has 0 spiro atoms. The summed E-state index contributed by atoms with van der Waals surface area (Å²) in [6.07, 6.45) is 1.21. The van der Waals surface area contributed by atoms with Crippen molar-refractivity contribution in [1.82, 2.24) is 6.15 Å². The van der Waals surface area contributed by atoms with Crippen molar-refractivity contribution in [3.8, 4) is 0 Å². The van der Waals surface area contributed by atoms with Gasteiger partial charge in [0, 0.05) is 20.2 Å². The molecule has 0 saturated heterocycles. The molecule has 2 aromatic carbocycles. The summed E-state index contributed by atoms with van der Waals surface area (Å²) >= 11 is 5.52. The van der Waals surface area contributed by atoms with Crippen LogP contribution in [-0.2, 0) is 6.42 Å². The van der Waals surface area contributed by atoms with Gasteiger partial charge in [0.05, 0.1) is 4.92 Å². The highest BCUT2D eigenvalue weighted by molar-refractivity contribution is 14.1. The summed E-state index contributed by atoms with van der Waals surface area (Å²) < 4.78 is 2.12. The van der Waals surface area contributed by atoms with E-state index in [0.29, 0.717) is 0 Å². The summed E-state index contributed by atoms with van der Waals surface area (Å²) in [7, 11) is 0. The van der Waals surface area contributed by atoms with Crippen LogP contribution in [0.25, 0.3) is 0 Å². The summed E-state index contributed by atoms with van der Waals surface area (Å²) in [6.45, 7) is 1.82. The third kappa shape index (κ3) is 4.53. The first-order chi connectivity index (χ1) is 8.94. The average Bonchev–Trinajstić information content (AvgIpc) is 2.26. The molecular weight excluding hydrogens is 435 g/mol. The first-order valence-electron chi connectivity index (χ1n) is 5.64. The Kier molecular flexibility index (Phi) is 6.09. The van der Waals surface area contributed by atoms with Crippen LogP contribution in [0.2, 0.25) is 0 Å². The van der Waals surface area contributed by atoms with Gasteiger partial charge in [-0.2, -0.15) is 0 Å². The number of benzene rings is 2. The van der Waals surface area contributed by atoms with Crippen LogP contribution in [-0.4, -0.2) is 4.92 Å². The van der Waals surface area contributed by atoms with Gasteiger partial charge in [-0.25, -0.2) is 0 Å². The minimum Gasteiger partial charge on any atom is -0.344 e. The summed E-state index contributed by atoms with van der Waals surface area (Å²) in [6, 6.07) is 11.5. The number of fused-ring (bicyclic) bond motifs is 2. The highest BCUT2D eigenvalue weighted by atomic mass is 127. The van der Waals surface area contributed by atoms with Gasteiger partial charge in [-0.15, -0.1) is 0 Å². The number of nitrogens with zero attached hydrogens (tertiary/aromatic N) is 1. The predicted molar refractivity (Wildman–Crippen MR) is 92.5 cm³/mol. The SMILES string of the molecule is Cc1cc(Br)cc([N+](=O)[O-])c1.Ic1cc2cc(c1)C2.N. The van der Waals surface area contributed by atoms with Gasteiger partial charge in [0.25, 0.3) is 5.69 Å². The van der Waals surface area contributed by atoms with E-state index in [-0.39, 0.29) is 11.8 Å². The zero-order valence-corrected chi connectivity index (χ0v) is 14.6. The fourth-order valence-electron chi connectivity index (χ4n) is 1.85. The lowest BCUT2D eigenvalue weighted by Crippen LogP contribution is -2.00. The zero-order valence-electron chi connectivity index (χ0n) is 10.9. The molecule has 0 amide bonds. The molecule has 0 saturated carbocycles. The smallest absolute Gasteiger partial charge is 0.270 e. The maximum atomic E-state index is 10.3. The van der Waals surface area contributed by atoms with Gasteiger partial charge >= 0.3 is 0 Å². The van der Waals surface area contributed by atoms with E-state index in [0.717, 1.165) is 10.0 Å². The van der Waals surface area contributed by atoms with Crippen LogP contribution in [0, 0.1) is 20.6 Å². The van der Waals surface area contributed by atoms with Crippen LogP contribution < -0.4 is 6.15 Å². The molecule has 0 fully saturated rings. The molecule has 0 aliphatic heterocycles. The molecule has 0 aromatic heterocycles. The minimum absolute atomic E-state index is 0. The Morgan fingerprint density at radius 2 is 1.70 bits per heavy atom. The molecule has 0 heterocycles. The highest BCUT2D eigenvalue weighted by Crippen LogP contribution is 2.23. The number of hydrogen-bond donors (Lipinski definition) is 1. The maximum absolute atomic E-state index is 10.3. The van der Waals surface area contributed by atoms with E-state index >= 15 is 0 Å². The number of halogens is 2. The van der Waals surface area contributed by atoms with E-state index in [1.165, 1.54) is 33.3 Å². The summed E-state index contributed by atoms with van der Waals surface area (Å²) in [4.78, 5) is 9.89. The van der Waals surface area contributed by atoms with Gasteiger partial charge in [-0.1, -0.05) is 22.0 Å². The standard InChI is InChI=1S/C7H6BrNO2.C7H5I.H3N/c1-5-2-6(8)4-7(3-5)9(10)11;8-7-3-5-1-6(2-5)4-7;/h2-4H,1H3;1,3-4H,2H2;1H3. The third-order valence-electron chi connectivity index (χ3n) is 2.66. The van der Waals surface area contributed by atoms with Gasteiger partial charge in [0.1, 0.15) is 0 Å². The molecule has 0 atom stereocenters. The topological polar surface area (TPSA) is 78.1 Å². The van der Waals surface area contributed by atoms with Crippen molar-refractivity contribution in [2.45, 2.75) is 13.3 Å². The Morgan fingerprint density at radius 1 is 1.15 bits per heavy atom. The van der Waals surface area contributed by atoms with E-state index in [1.807, 2.05) is 13.0 Å². The Bertz CT molecular complexity index is 605. The van der Waals surface area contributed by atoms with Crippen molar-refractivity contribution in [1.29, 1.82) is 0 Å². The van der Waals surface area contributed by atoms with Crippen LogP contribution in [0.1, 0.15) is 16.7 Å². The molecule has 2 aliphatic carbocycles. The van der Waals surface area contributed by atoms with E-state index < -0.39 is 4.92 Å². The van der Waals surface area contributed by atoms with Crippen LogP contribution in [0.4, 0.5) is 5.69 Å². The number of aryl methyl sites for hydroxylation is 1. The van der Waals surface area contributed by atoms with Crippen molar-refractivity contribution in [2.75, 3.05) is 0 Å². The second kappa shape index (κ2) is 7.14. The van der Waals surface area contributed by atoms with Crippen molar-refractivity contribution >= 4 is 44.2 Å². The van der Waals surface area contributed by atoms with Crippen molar-refractivity contribution in [3.05, 3.63) is 71.2 Å². The summed E-state index contributed by atoms with van der Waals surface area (Å²) in [5, 5.41) is 10.3. The van der Waals surface area contributed by atoms with Crippen LogP contribution in [0.3, 0.4) is 0 Å². The molecule has 3 N–H and O–H groups in total. The van der Waals surface area contributed by atoms with Crippen LogP contribution in [0.5, 0.6) is 0 Å². The first-order valence-corrected chi connectivity index (χ1v) is 7.51. The number of hydrogen-bond acceptors (Lipinski definition) is 3. The molecule has 2 aromatic rings. The second-order valence-electron chi connectivity index (χ2n) is 4.39. The molecule has 20 heavy (non-hydrogen) atoms. The minimum atomic E-state index is -0.405. The van der Waals surface area contributed by atoms with Crippen molar-refractivity contribution in [3.63, 3.8) is 0 Å². The van der Waals surface area contributed by atoms with E-state index in [2.05, 4.69) is 56.7 Å². The molecular formula is C14H14BrIN2O2. The summed E-state index contributed by atoms with van der Waals surface area (Å²) in [5.74, 6) is 0. The van der Waals surface area contributed by atoms with E-state index in [9.17, 15) is 10.1 Å². The van der Waals surface area contributed by atoms with Gasteiger partial charge in [-0.05, 0) is 70.8 Å². The molecule has 0 unspecified atom stereocenters. The molecule has 6 heteroatoms. The maximum Gasteiger partial charge on any atom is 0.270 e. The zero-order chi connectivity index (χ0) is 14.0. The molecule has 4 nitrogen and oxygen atoms in total. The van der Waals surface area contributed by atoms with E-state index in [1.54, 1.807) is 0 Å². The normalized spacial score (nSPS) is 10.6. The second-order valence-corrected chi connectivity index (χ2v) is 6.55. The number of nitro benzene ring substituents is 1. The van der Waals surface area contributed by atoms with Crippen molar-refractivity contribution < 1.29 is 4.92 Å². The van der Waals surface area contributed by atoms with E-state index in [4.69, 9.17) is 0 Å². The molecule has 0 radical (unpaired) electrons. The molecule has 2 aliphatic rings. The lowest BCUT2D eigenvalue weighted by Gasteiger charge is -2.13. The third-order valence-corrected chi connectivity index (χ3v) is 3.74. The largest absolute Gasteiger partial charge is 0.344 e. The number of rotatable bonds is 1. The fourth-order valence-corrected chi connectivity index (χ4v) is 3.24. The van der Waals surface area contributed by atoms with Gasteiger partial charge < -0.3 is 6.15 Å². The van der Waals surface area contributed by atoms with Gasteiger partial charge in [0.2, 0.25) is 0 Å². The molecule has 2 bridgehead atoms. The van der Waals surface area contributed by atoms with Crippen LogP contribution >= 0.6 is 38.5 Å². The van der Waals surface area contributed by atoms with Crippen LogP contribution in [0.15, 0.2) is 40.9 Å². The molecule has 4 rings (SSSR count). The molecule has 106 valence electrons. The Morgan fingerprint density at radius 3 is 2.05 bits per heavy atom. The quantitative estimate of drug-likeness (QED) is 0.322. The van der Waals surface area contributed by atoms with Gasteiger partial charge in [-0.3, -0.25) is 10.1 Å². The average molecular weight is 449 g/mol. The van der Waals surface area contributed by atoms with Gasteiger partial charge in [0.15, 0.2) is 0 Å². The highest BCUT2D eigenvalue weighted by Gasteiger charge is 2.08. The lowest BCUT2D eigenvalue weighted by atomic mass is 9.94. The Balaban J connectivity index is 0.000000197. The number of non-ortho nitro benzene ring substituents is 1. The Hall–Kier alpha value is -0.990.